The summed E-state index contributed by atoms with van der Waals surface area (Å²) in [5.41, 5.74) is 0.921. The van der Waals surface area contributed by atoms with E-state index < -0.39 is 12.1 Å². The number of pyridine rings is 1. The molecule has 1 aliphatic rings. The second-order valence-electron chi connectivity index (χ2n) is 7.13. The standard InChI is InChI=1S/C20H27N5O3/c1-2-18-22-7-9-25(18)8-5-19(27)24-16-10-15(11-17(16)26)20(28)23-13-14-4-3-6-21-12-14/h3-4,6-7,9,12,15-17,26H,2,5,8,10-11,13H2,1H3,(H,23,28)(H,24,27)/t15-,16+,17+/m0/s1. The van der Waals surface area contributed by atoms with Crippen molar-refractivity contribution in [2.45, 2.75) is 57.8 Å². The summed E-state index contributed by atoms with van der Waals surface area (Å²) in [6.07, 6.45) is 8.18. The first-order valence-corrected chi connectivity index (χ1v) is 9.71. The first-order chi connectivity index (χ1) is 13.6. The van der Waals surface area contributed by atoms with Crippen LogP contribution in [0.4, 0.5) is 0 Å². The predicted octanol–water partition coefficient (Wildman–Crippen LogP) is 0.803. The maximum atomic E-state index is 12.4. The van der Waals surface area contributed by atoms with Crippen LogP contribution in [0.5, 0.6) is 0 Å². The Kier molecular flexibility index (Phi) is 6.76. The maximum absolute atomic E-state index is 12.4. The van der Waals surface area contributed by atoms with E-state index in [0.717, 1.165) is 17.8 Å². The molecule has 2 heterocycles. The van der Waals surface area contributed by atoms with E-state index in [-0.39, 0.29) is 17.7 Å². The largest absolute Gasteiger partial charge is 0.391 e. The molecular formula is C20H27N5O3. The summed E-state index contributed by atoms with van der Waals surface area (Å²) in [4.78, 5) is 32.9. The molecule has 0 bridgehead atoms. The van der Waals surface area contributed by atoms with Gasteiger partial charge in [-0.05, 0) is 24.5 Å². The Morgan fingerprint density at radius 3 is 2.93 bits per heavy atom. The number of aryl methyl sites for hydroxylation is 2. The molecule has 2 aromatic rings. The van der Waals surface area contributed by atoms with Crippen molar-refractivity contribution in [3.05, 3.63) is 48.3 Å². The van der Waals surface area contributed by atoms with Crippen LogP contribution in [0.1, 0.15) is 37.6 Å². The van der Waals surface area contributed by atoms with Gasteiger partial charge < -0.3 is 20.3 Å². The average molecular weight is 385 g/mol. The molecule has 0 radical (unpaired) electrons. The van der Waals surface area contributed by atoms with Gasteiger partial charge in [0.1, 0.15) is 5.82 Å². The van der Waals surface area contributed by atoms with Crippen molar-refractivity contribution in [2.75, 3.05) is 0 Å². The number of hydrogen-bond donors (Lipinski definition) is 3. The number of nitrogens with zero attached hydrogens (tertiary/aromatic N) is 3. The van der Waals surface area contributed by atoms with Crippen LogP contribution in [0.2, 0.25) is 0 Å². The van der Waals surface area contributed by atoms with E-state index >= 15 is 0 Å². The van der Waals surface area contributed by atoms with Gasteiger partial charge in [0.15, 0.2) is 0 Å². The highest BCUT2D eigenvalue weighted by Crippen LogP contribution is 2.26. The third-order valence-electron chi connectivity index (χ3n) is 5.13. The molecule has 0 spiro atoms. The Hall–Kier alpha value is -2.74. The van der Waals surface area contributed by atoms with Crippen LogP contribution in [0.3, 0.4) is 0 Å². The lowest BCUT2D eigenvalue weighted by Crippen LogP contribution is -2.40. The first kappa shape index (κ1) is 20.0. The van der Waals surface area contributed by atoms with Crippen molar-refractivity contribution in [3.8, 4) is 0 Å². The van der Waals surface area contributed by atoms with Crippen molar-refractivity contribution in [3.63, 3.8) is 0 Å². The van der Waals surface area contributed by atoms with Crippen molar-refractivity contribution < 1.29 is 14.7 Å². The molecule has 3 atom stereocenters. The van der Waals surface area contributed by atoms with Crippen LogP contribution in [-0.2, 0) is 29.1 Å². The van der Waals surface area contributed by atoms with E-state index in [9.17, 15) is 14.7 Å². The highest BCUT2D eigenvalue weighted by Gasteiger charge is 2.37. The topological polar surface area (TPSA) is 109 Å². The monoisotopic (exact) mass is 385 g/mol. The smallest absolute Gasteiger partial charge is 0.223 e. The van der Waals surface area contributed by atoms with E-state index in [2.05, 4.69) is 20.6 Å². The second kappa shape index (κ2) is 9.45. The number of aliphatic hydroxyl groups excluding tert-OH is 1. The zero-order valence-electron chi connectivity index (χ0n) is 16.0. The quantitative estimate of drug-likeness (QED) is 0.623. The van der Waals surface area contributed by atoms with Gasteiger partial charge in [-0.2, -0.15) is 0 Å². The van der Waals surface area contributed by atoms with E-state index in [1.807, 2.05) is 29.8 Å². The lowest BCUT2D eigenvalue weighted by molar-refractivity contribution is -0.125. The molecule has 0 aliphatic heterocycles. The number of aliphatic hydroxyl groups is 1. The summed E-state index contributed by atoms with van der Waals surface area (Å²) in [7, 11) is 0. The minimum atomic E-state index is -0.711. The molecular weight excluding hydrogens is 358 g/mol. The van der Waals surface area contributed by atoms with Crippen molar-refractivity contribution in [1.82, 2.24) is 25.2 Å². The molecule has 2 aromatic heterocycles. The van der Waals surface area contributed by atoms with Crippen LogP contribution in [0.25, 0.3) is 0 Å². The number of nitrogens with one attached hydrogen (secondary N) is 2. The minimum absolute atomic E-state index is 0.106. The Labute approximate surface area is 164 Å². The molecule has 8 heteroatoms. The molecule has 3 rings (SSSR count). The summed E-state index contributed by atoms with van der Waals surface area (Å²) in [5.74, 6) is 0.401. The fourth-order valence-corrected chi connectivity index (χ4v) is 3.58. The molecule has 150 valence electrons. The number of aromatic nitrogens is 3. The Morgan fingerprint density at radius 1 is 1.32 bits per heavy atom. The van der Waals surface area contributed by atoms with Crippen molar-refractivity contribution in [2.24, 2.45) is 5.92 Å². The second-order valence-corrected chi connectivity index (χ2v) is 7.13. The van der Waals surface area contributed by atoms with Crippen LogP contribution in [-0.4, -0.2) is 43.6 Å². The van der Waals surface area contributed by atoms with Gasteiger partial charge in [0.2, 0.25) is 11.8 Å². The number of carbonyl (C=O) groups is 2. The molecule has 1 saturated carbocycles. The first-order valence-electron chi connectivity index (χ1n) is 9.71. The number of hydrogen-bond acceptors (Lipinski definition) is 5. The third-order valence-corrected chi connectivity index (χ3v) is 5.13. The van der Waals surface area contributed by atoms with Gasteiger partial charge in [-0.25, -0.2) is 4.98 Å². The van der Waals surface area contributed by atoms with E-state index in [4.69, 9.17) is 0 Å². The zero-order valence-corrected chi connectivity index (χ0v) is 16.0. The zero-order chi connectivity index (χ0) is 19.9. The summed E-state index contributed by atoms with van der Waals surface area (Å²) in [6.45, 7) is 2.97. The van der Waals surface area contributed by atoms with E-state index in [1.54, 1.807) is 18.6 Å². The van der Waals surface area contributed by atoms with Crippen LogP contribution >= 0.6 is 0 Å². The molecule has 8 nitrogen and oxygen atoms in total. The predicted molar refractivity (Wildman–Crippen MR) is 103 cm³/mol. The van der Waals surface area contributed by atoms with Crippen LogP contribution < -0.4 is 10.6 Å². The van der Waals surface area contributed by atoms with Gasteiger partial charge in [-0.3, -0.25) is 14.6 Å². The highest BCUT2D eigenvalue weighted by atomic mass is 16.3. The molecule has 1 aliphatic carbocycles. The van der Waals surface area contributed by atoms with Crippen molar-refractivity contribution >= 4 is 11.8 Å². The van der Waals surface area contributed by atoms with E-state index in [0.29, 0.717) is 32.4 Å². The average Bonchev–Trinajstić information content (AvgIpc) is 3.31. The molecule has 2 amide bonds. The lowest BCUT2D eigenvalue weighted by Gasteiger charge is -2.16. The number of imidazole rings is 1. The number of carbonyl (C=O) groups excluding carboxylic acids is 2. The molecule has 3 N–H and O–H groups in total. The highest BCUT2D eigenvalue weighted by molar-refractivity contribution is 5.80. The van der Waals surface area contributed by atoms with Gasteiger partial charge in [-0.15, -0.1) is 0 Å². The van der Waals surface area contributed by atoms with Crippen molar-refractivity contribution in [1.29, 1.82) is 0 Å². The van der Waals surface area contributed by atoms with Gasteiger partial charge in [0, 0.05) is 56.6 Å². The summed E-state index contributed by atoms with van der Waals surface area (Å²) >= 11 is 0. The number of amides is 2. The molecule has 0 saturated heterocycles. The third kappa shape index (κ3) is 5.16. The van der Waals surface area contributed by atoms with Gasteiger partial charge in [0.05, 0.1) is 12.1 Å². The summed E-state index contributed by atoms with van der Waals surface area (Å²) in [6, 6.07) is 3.32. The van der Waals surface area contributed by atoms with Crippen LogP contribution in [0.15, 0.2) is 36.9 Å². The Balaban J connectivity index is 1.44. The summed E-state index contributed by atoms with van der Waals surface area (Å²) < 4.78 is 1.96. The minimum Gasteiger partial charge on any atom is -0.391 e. The molecule has 28 heavy (non-hydrogen) atoms. The number of rotatable bonds is 8. The summed E-state index contributed by atoms with van der Waals surface area (Å²) in [5, 5.41) is 16.0. The van der Waals surface area contributed by atoms with Crippen LogP contribution in [0, 0.1) is 5.92 Å². The molecule has 0 unspecified atom stereocenters. The van der Waals surface area contributed by atoms with Gasteiger partial charge in [-0.1, -0.05) is 13.0 Å². The lowest BCUT2D eigenvalue weighted by atomic mass is 10.1. The Morgan fingerprint density at radius 2 is 2.18 bits per heavy atom. The SMILES string of the molecule is CCc1nccn1CCC(=O)N[C@@H]1C[C@H](C(=O)NCc2cccnc2)C[C@H]1O. The van der Waals surface area contributed by atoms with Gasteiger partial charge in [0.25, 0.3) is 0 Å². The van der Waals surface area contributed by atoms with Gasteiger partial charge >= 0.3 is 0 Å². The van der Waals surface area contributed by atoms with E-state index in [1.165, 1.54) is 0 Å². The normalized spacial score (nSPS) is 21.4. The fourth-order valence-electron chi connectivity index (χ4n) is 3.58. The molecule has 1 fully saturated rings. The maximum Gasteiger partial charge on any atom is 0.223 e. The Bertz CT molecular complexity index is 792. The fraction of sp³-hybridized carbons (Fsp3) is 0.500. The molecule has 0 aromatic carbocycles.